The second-order valence-electron chi connectivity index (χ2n) is 4.63. The molecule has 1 atom stereocenters. The first-order valence-corrected chi connectivity index (χ1v) is 7.96. The zero-order valence-electron chi connectivity index (χ0n) is 12.2. The van der Waals surface area contributed by atoms with E-state index in [0.717, 1.165) is 0 Å². The zero-order chi connectivity index (χ0) is 16.1. The summed E-state index contributed by atoms with van der Waals surface area (Å²) in [7, 11) is 0. The molecule has 1 amide bonds. The smallest absolute Gasteiger partial charge is 0.326 e. The Morgan fingerprint density at radius 1 is 1.55 bits per heavy atom. The number of thioether (sulfide) groups is 1. The molecule has 2 heterocycles. The van der Waals surface area contributed by atoms with Gasteiger partial charge < -0.3 is 10.4 Å². The fraction of sp³-hybridized carbons (Fsp3) is 0.267. The molecule has 2 aromatic heterocycles. The molecule has 0 aromatic carbocycles. The lowest BCUT2D eigenvalue weighted by Crippen LogP contribution is -2.40. The fourth-order valence-corrected chi connectivity index (χ4v) is 2.63. The van der Waals surface area contributed by atoms with Crippen LogP contribution in [0.3, 0.4) is 0 Å². The molecular formula is C15H17N3O3S. The normalized spacial score (nSPS) is 12.0. The number of carboxylic acids is 1. The Kier molecular flexibility index (Phi) is 5.21. The molecule has 22 heavy (non-hydrogen) atoms. The lowest BCUT2D eigenvalue weighted by molar-refractivity contribution is -0.139. The Morgan fingerprint density at radius 2 is 2.32 bits per heavy atom. The Hall–Kier alpha value is -2.28. The summed E-state index contributed by atoms with van der Waals surface area (Å²) in [6, 6.07) is 4.48. The van der Waals surface area contributed by atoms with Gasteiger partial charge in [-0.3, -0.25) is 9.20 Å². The summed E-state index contributed by atoms with van der Waals surface area (Å²) in [6.45, 7) is 3.56. The average Bonchev–Trinajstić information content (AvgIpc) is 2.90. The third kappa shape index (κ3) is 3.30. The van der Waals surface area contributed by atoms with E-state index in [1.54, 1.807) is 16.5 Å². The number of aromatic nitrogens is 2. The third-order valence-corrected chi connectivity index (χ3v) is 3.83. The van der Waals surface area contributed by atoms with Crippen molar-refractivity contribution < 1.29 is 14.7 Å². The number of rotatable bonds is 7. The van der Waals surface area contributed by atoms with Crippen LogP contribution in [0.25, 0.3) is 5.52 Å². The van der Waals surface area contributed by atoms with Crippen LogP contribution in [0, 0.1) is 0 Å². The number of carbonyl (C=O) groups is 2. The lowest BCUT2D eigenvalue weighted by atomic mass is 10.1. The van der Waals surface area contributed by atoms with Crippen LogP contribution in [0.2, 0.25) is 0 Å². The van der Waals surface area contributed by atoms with E-state index in [0.29, 0.717) is 23.5 Å². The van der Waals surface area contributed by atoms with Crippen molar-refractivity contribution in [1.29, 1.82) is 0 Å². The number of carbonyl (C=O) groups excluding carboxylic acids is 1. The molecule has 0 spiro atoms. The first-order chi connectivity index (χ1) is 10.6. The summed E-state index contributed by atoms with van der Waals surface area (Å²) in [5.41, 5.74) is 0.881. The summed E-state index contributed by atoms with van der Waals surface area (Å²) >= 11 is 1.42. The molecule has 0 aliphatic carbocycles. The van der Waals surface area contributed by atoms with E-state index in [1.807, 2.05) is 24.6 Å². The SMILES string of the molecule is C=CCCC(NC(=O)c1nc(SC)n2ccccc12)C(=O)O. The number of nitrogens with zero attached hydrogens (tertiary/aromatic N) is 2. The lowest BCUT2D eigenvalue weighted by Gasteiger charge is -2.12. The highest BCUT2D eigenvalue weighted by molar-refractivity contribution is 7.98. The highest BCUT2D eigenvalue weighted by atomic mass is 32.2. The molecule has 0 saturated heterocycles. The molecule has 6 nitrogen and oxygen atoms in total. The monoisotopic (exact) mass is 319 g/mol. The van der Waals surface area contributed by atoms with Gasteiger partial charge >= 0.3 is 5.97 Å². The van der Waals surface area contributed by atoms with Crippen molar-refractivity contribution in [2.75, 3.05) is 6.26 Å². The minimum absolute atomic E-state index is 0.231. The molecule has 0 bridgehead atoms. The quantitative estimate of drug-likeness (QED) is 0.604. The predicted octanol–water partition coefficient (Wildman–Crippen LogP) is 2.21. The van der Waals surface area contributed by atoms with Crippen LogP contribution in [0.5, 0.6) is 0 Å². The Bertz CT molecular complexity index is 711. The number of imidazole rings is 1. The van der Waals surface area contributed by atoms with E-state index in [1.165, 1.54) is 11.8 Å². The van der Waals surface area contributed by atoms with Gasteiger partial charge in [0.1, 0.15) is 6.04 Å². The second kappa shape index (κ2) is 7.13. The van der Waals surface area contributed by atoms with E-state index >= 15 is 0 Å². The Morgan fingerprint density at radius 3 is 2.95 bits per heavy atom. The molecule has 1 unspecified atom stereocenters. The van der Waals surface area contributed by atoms with Gasteiger partial charge in [-0.15, -0.1) is 6.58 Å². The van der Waals surface area contributed by atoms with Gasteiger partial charge in [0.25, 0.3) is 5.91 Å². The number of pyridine rings is 1. The number of carboxylic acid groups (broad SMARTS) is 1. The van der Waals surface area contributed by atoms with Crippen LogP contribution in [-0.4, -0.2) is 38.7 Å². The Labute approximate surface area is 132 Å². The zero-order valence-corrected chi connectivity index (χ0v) is 13.0. The van der Waals surface area contributed by atoms with Crippen molar-refractivity contribution in [1.82, 2.24) is 14.7 Å². The van der Waals surface area contributed by atoms with Crippen LogP contribution < -0.4 is 5.32 Å². The number of allylic oxidation sites excluding steroid dienone is 1. The molecular weight excluding hydrogens is 302 g/mol. The number of hydrogen-bond acceptors (Lipinski definition) is 4. The highest BCUT2D eigenvalue weighted by Crippen LogP contribution is 2.20. The summed E-state index contributed by atoms with van der Waals surface area (Å²) in [4.78, 5) is 27.9. The van der Waals surface area contributed by atoms with Crippen LogP contribution in [0.4, 0.5) is 0 Å². The molecule has 116 valence electrons. The van der Waals surface area contributed by atoms with E-state index in [4.69, 9.17) is 0 Å². The van der Waals surface area contributed by atoms with Crippen molar-refractivity contribution in [3.8, 4) is 0 Å². The van der Waals surface area contributed by atoms with Crippen molar-refractivity contribution in [3.05, 3.63) is 42.7 Å². The van der Waals surface area contributed by atoms with E-state index < -0.39 is 17.9 Å². The number of amides is 1. The van der Waals surface area contributed by atoms with Crippen LogP contribution >= 0.6 is 11.8 Å². The van der Waals surface area contributed by atoms with Gasteiger partial charge in [0, 0.05) is 6.20 Å². The highest BCUT2D eigenvalue weighted by Gasteiger charge is 2.23. The average molecular weight is 319 g/mol. The minimum atomic E-state index is -1.07. The maximum atomic E-state index is 12.4. The van der Waals surface area contributed by atoms with Gasteiger partial charge in [-0.2, -0.15) is 0 Å². The summed E-state index contributed by atoms with van der Waals surface area (Å²) in [5.74, 6) is -1.55. The number of fused-ring (bicyclic) bond motifs is 1. The van der Waals surface area contributed by atoms with E-state index in [9.17, 15) is 14.7 Å². The minimum Gasteiger partial charge on any atom is -0.480 e. The summed E-state index contributed by atoms with van der Waals surface area (Å²) < 4.78 is 1.80. The standard InChI is InChI=1S/C15H17N3O3S/c1-3-4-7-10(14(20)21)16-13(19)12-11-8-5-6-9-18(11)15(17-12)22-2/h3,5-6,8-10H,1,4,7H2,2H3,(H,16,19)(H,20,21). The number of aliphatic carboxylic acids is 1. The van der Waals surface area contributed by atoms with Crippen molar-refractivity contribution in [2.45, 2.75) is 24.0 Å². The van der Waals surface area contributed by atoms with Crippen LogP contribution in [0.15, 0.2) is 42.2 Å². The summed E-state index contributed by atoms with van der Waals surface area (Å²) in [6.07, 6.45) is 6.12. The van der Waals surface area contributed by atoms with Crippen LogP contribution in [0.1, 0.15) is 23.3 Å². The second-order valence-corrected chi connectivity index (χ2v) is 5.41. The maximum absolute atomic E-state index is 12.4. The van der Waals surface area contributed by atoms with Crippen LogP contribution in [-0.2, 0) is 4.79 Å². The number of nitrogens with one attached hydrogen (secondary N) is 1. The molecule has 0 aliphatic rings. The third-order valence-electron chi connectivity index (χ3n) is 3.18. The molecule has 0 saturated carbocycles. The van der Waals surface area contributed by atoms with Gasteiger partial charge in [-0.25, -0.2) is 9.78 Å². The number of hydrogen-bond donors (Lipinski definition) is 2. The molecule has 2 aromatic rings. The first kappa shape index (κ1) is 16.1. The maximum Gasteiger partial charge on any atom is 0.326 e. The van der Waals surface area contributed by atoms with Crippen molar-refractivity contribution in [2.24, 2.45) is 0 Å². The van der Waals surface area contributed by atoms with Gasteiger partial charge in [0.2, 0.25) is 0 Å². The summed E-state index contributed by atoms with van der Waals surface area (Å²) in [5, 5.41) is 12.4. The Balaban J connectivity index is 2.29. The molecule has 2 N–H and O–H groups in total. The van der Waals surface area contributed by atoms with Gasteiger partial charge in [-0.05, 0) is 31.2 Å². The van der Waals surface area contributed by atoms with Gasteiger partial charge in [0.05, 0.1) is 5.52 Å². The van der Waals surface area contributed by atoms with E-state index in [2.05, 4.69) is 16.9 Å². The molecule has 7 heteroatoms. The predicted molar refractivity (Wildman–Crippen MR) is 85.3 cm³/mol. The molecule has 0 aliphatic heterocycles. The topological polar surface area (TPSA) is 83.7 Å². The molecule has 0 fully saturated rings. The fourth-order valence-electron chi connectivity index (χ4n) is 2.09. The molecule has 2 rings (SSSR count). The molecule has 0 radical (unpaired) electrons. The van der Waals surface area contributed by atoms with Crippen molar-refractivity contribution >= 4 is 29.2 Å². The first-order valence-electron chi connectivity index (χ1n) is 6.74. The van der Waals surface area contributed by atoms with Crippen molar-refractivity contribution in [3.63, 3.8) is 0 Å². The van der Waals surface area contributed by atoms with Gasteiger partial charge in [0.15, 0.2) is 10.9 Å². The van der Waals surface area contributed by atoms with Gasteiger partial charge in [-0.1, -0.05) is 23.9 Å². The van der Waals surface area contributed by atoms with E-state index in [-0.39, 0.29) is 5.69 Å². The largest absolute Gasteiger partial charge is 0.480 e.